The van der Waals surface area contributed by atoms with Gasteiger partial charge in [-0.2, -0.15) is 0 Å². The van der Waals surface area contributed by atoms with Crippen molar-refractivity contribution in [2.45, 2.75) is 38.3 Å². The van der Waals surface area contributed by atoms with Crippen LogP contribution in [0.5, 0.6) is 0 Å². The average molecular weight is 343 g/mol. The van der Waals surface area contributed by atoms with Crippen molar-refractivity contribution < 1.29 is 10.0 Å². The Morgan fingerprint density at radius 3 is 2.95 bits per heavy atom. The van der Waals surface area contributed by atoms with E-state index in [-0.39, 0.29) is 17.2 Å². The highest BCUT2D eigenvalue weighted by atomic mass is 79.9. The molecule has 0 aromatic heterocycles. The molecule has 1 aliphatic rings. The van der Waals surface area contributed by atoms with Gasteiger partial charge in [-0.25, -0.2) is 0 Å². The zero-order valence-electron chi connectivity index (χ0n) is 11.3. The summed E-state index contributed by atoms with van der Waals surface area (Å²) in [6.45, 7) is 1.90. The van der Waals surface area contributed by atoms with Crippen LogP contribution in [0.3, 0.4) is 0 Å². The predicted octanol–water partition coefficient (Wildman–Crippen LogP) is 3.09. The third-order valence-corrected chi connectivity index (χ3v) is 4.47. The first-order chi connectivity index (χ1) is 9.61. The molecule has 2 rings (SSSR count). The molecule has 0 radical (unpaired) electrons. The number of hydrogen-bond acceptors (Lipinski definition) is 4. The Kier molecular flexibility index (Phi) is 5.51. The Labute approximate surface area is 126 Å². The number of rotatable bonds is 5. The van der Waals surface area contributed by atoms with Gasteiger partial charge in [-0.3, -0.25) is 15.0 Å². The number of hydrogen-bond donors (Lipinski definition) is 1. The van der Waals surface area contributed by atoms with Crippen LogP contribution in [-0.2, 0) is 6.54 Å². The van der Waals surface area contributed by atoms with E-state index in [1.165, 1.54) is 6.42 Å². The molecule has 1 unspecified atom stereocenters. The van der Waals surface area contributed by atoms with Crippen molar-refractivity contribution in [3.8, 4) is 0 Å². The monoisotopic (exact) mass is 342 g/mol. The molecule has 0 saturated carbocycles. The van der Waals surface area contributed by atoms with Crippen molar-refractivity contribution in [3.05, 3.63) is 38.3 Å². The van der Waals surface area contributed by atoms with Gasteiger partial charge in [0.1, 0.15) is 0 Å². The molecule has 0 bridgehead atoms. The van der Waals surface area contributed by atoms with Gasteiger partial charge < -0.3 is 5.11 Å². The summed E-state index contributed by atoms with van der Waals surface area (Å²) in [5.41, 5.74) is 1.06. The maximum absolute atomic E-state index is 11.0. The van der Waals surface area contributed by atoms with Crippen molar-refractivity contribution in [1.82, 2.24) is 4.90 Å². The van der Waals surface area contributed by atoms with Gasteiger partial charge in [-0.1, -0.05) is 12.5 Å². The quantitative estimate of drug-likeness (QED) is 0.659. The number of nitro benzene ring substituents is 1. The van der Waals surface area contributed by atoms with Gasteiger partial charge in [0.2, 0.25) is 0 Å². The third kappa shape index (κ3) is 3.77. The molecule has 5 nitrogen and oxygen atoms in total. The zero-order chi connectivity index (χ0) is 14.5. The highest BCUT2D eigenvalue weighted by Gasteiger charge is 2.22. The van der Waals surface area contributed by atoms with Crippen molar-refractivity contribution in [3.63, 3.8) is 0 Å². The maximum atomic E-state index is 11.0. The number of halogens is 1. The van der Waals surface area contributed by atoms with Crippen LogP contribution in [0.2, 0.25) is 0 Å². The van der Waals surface area contributed by atoms with Gasteiger partial charge in [0.15, 0.2) is 0 Å². The summed E-state index contributed by atoms with van der Waals surface area (Å²) < 4.78 is 0.511. The molecule has 1 N–H and O–H groups in total. The van der Waals surface area contributed by atoms with E-state index in [0.29, 0.717) is 17.1 Å². The number of nitro groups is 1. The van der Waals surface area contributed by atoms with E-state index < -0.39 is 0 Å². The molecule has 110 valence electrons. The van der Waals surface area contributed by atoms with Gasteiger partial charge >= 0.3 is 0 Å². The van der Waals surface area contributed by atoms with Crippen LogP contribution in [0, 0.1) is 10.1 Å². The molecule has 1 aromatic carbocycles. The fourth-order valence-electron chi connectivity index (χ4n) is 2.78. The Bertz CT molecular complexity index is 479. The number of benzene rings is 1. The first-order valence-corrected chi connectivity index (χ1v) is 7.69. The number of likely N-dealkylation sites (tertiary alicyclic amines) is 1. The lowest BCUT2D eigenvalue weighted by molar-refractivity contribution is -0.385. The highest BCUT2D eigenvalue weighted by Crippen LogP contribution is 2.28. The van der Waals surface area contributed by atoms with Gasteiger partial charge in [-0.05, 0) is 53.4 Å². The smallest absolute Gasteiger partial charge is 0.283 e. The molecule has 1 heterocycles. The lowest BCUT2D eigenvalue weighted by Gasteiger charge is -2.35. The summed E-state index contributed by atoms with van der Waals surface area (Å²) in [5, 5.41) is 20.1. The molecule has 0 spiro atoms. The first-order valence-electron chi connectivity index (χ1n) is 6.89. The van der Waals surface area contributed by atoms with E-state index in [1.807, 2.05) is 6.07 Å². The van der Waals surface area contributed by atoms with Gasteiger partial charge in [0.05, 0.1) is 9.40 Å². The Hall–Kier alpha value is -0.980. The molecule has 20 heavy (non-hydrogen) atoms. The number of nitrogens with zero attached hydrogens (tertiary/aromatic N) is 2. The van der Waals surface area contributed by atoms with Crippen LogP contribution in [-0.4, -0.2) is 34.1 Å². The summed E-state index contributed by atoms with van der Waals surface area (Å²) in [6, 6.07) is 5.67. The van der Waals surface area contributed by atoms with E-state index in [2.05, 4.69) is 20.8 Å². The number of aliphatic hydroxyl groups excluding tert-OH is 1. The Morgan fingerprint density at radius 2 is 2.25 bits per heavy atom. The number of aliphatic hydroxyl groups is 1. The van der Waals surface area contributed by atoms with Crippen molar-refractivity contribution in [2.75, 3.05) is 13.2 Å². The Morgan fingerprint density at radius 1 is 1.45 bits per heavy atom. The second-order valence-corrected chi connectivity index (χ2v) is 6.03. The summed E-state index contributed by atoms with van der Waals surface area (Å²) in [7, 11) is 0. The van der Waals surface area contributed by atoms with Crippen LogP contribution in [0.15, 0.2) is 22.7 Å². The van der Waals surface area contributed by atoms with E-state index in [4.69, 9.17) is 5.11 Å². The molecule has 1 saturated heterocycles. The largest absolute Gasteiger partial charge is 0.396 e. The molecular weight excluding hydrogens is 324 g/mol. The summed E-state index contributed by atoms with van der Waals surface area (Å²) in [6.07, 6.45) is 4.22. The lowest BCUT2D eigenvalue weighted by atomic mass is 9.99. The summed E-state index contributed by atoms with van der Waals surface area (Å²) in [4.78, 5) is 12.9. The molecule has 1 fully saturated rings. The van der Waals surface area contributed by atoms with Gasteiger partial charge in [0.25, 0.3) is 5.69 Å². The minimum absolute atomic E-state index is 0.109. The SMILES string of the molecule is O=[N+]([O-])c1cc(CN2CCCCC2CCO)ccc1Br. The fourth-order valence-corrected chi connectivity index (χ4v) is 3.17. The topological polar surface area (TPSA) is 66.6 Å². The fraction of sp³-hybridized carbons (Fsp3) is 0.571. The van der Waals surface area contributed by atoms with E-state index in [0.717, 1.165) is 31.4 Å². The van der Waals surface area contributed by atoms with E-state index >= 15 is 0 Å². The number of piperidine rings is 1. The average Bonchev–Trinajstić information content (AvgIpc) is 2.43. The molecule has 1 aliphatic heterocycles. The van der Waals surface area contributed by atoms with Crippen molar-refractivity contribution >= 4 is 21.6 Å². The van der Waals surface area contributed by atoms with Crippen LogP contribution in [0.1, 0.15) is 31.2 Å². The van der Waals surface area contributed by atoms with Crippen LogP contribution in [0.25, 0.3) is 0 Å². The highest BCUT2D eigenvalue weighted by molar-refractivity contribution is 9.10. The summed E-state index contributed by atoms with van der Waals surface area (Å²) in [5.74, 6) is 0. The second kappa shape index (κ2) is 7.15. The molecule has 1 atom stereocenters. The predicted molar refractivity (Wildman–Crippen MR) is 80.5 cm³/mol. The molecule has 6 heteroatoms. The standard InChI is InChI=1S/C14H19BrN2O3/c15-13-5-4-11(9-14(13)17(19)20)10-16-7-2-1-3-12(16)6-8-18/h4-5,9,12,18H,1-3,6-8,10H2. The molecular formula is C14H19BrN2O3. The third-order valence-electron chi connectivity index (χ3n) is 3.80. The molecule has 0 amide bonds. The van der Waals surface area contributed by atoms with Crippen molar-refractivity contribution in [2.24, 2.45) is 0 Å². The molecule has 0 aliphatic carbocycles. The summed E-state index contributed by atoms with van der Waals surface area (Å²) >= 11 is 3.20. The van der Waals surface area contributed by atoms with Gasteiger partial charge in [-0.15, -0.1) is 0 Å². The van der Waals surface area contributed by atoms with Crippen LogP contribution >= 0.6 is 15.9 Å². The molecule has 1 aromatic rings. The van der Waals surface area contributed by atoms with E-state index in [1.54, 1.807) is 12.1 Å². The zero-order valence-corrected chi connectivity index (χ0v) is 12.9. The first kappa shape index (κ1) is 15.4. The van der Waals surface area contributed by atoms with Crippen molar-refractivity contribution in [1.29, 1.82) is 0 Å². The van der Waals surface area contributed by atoms with E-state index in [9.17, 15) is 10.1 Å². The minimum Gasteiger partial charge on any atom is -0.396 e. The van der Waals surface area contributed by atoms with Crippen LogP contribution < -0.4 is 0 Å². The Balaban J connectivity index is 2.11. The maximum Gasteiger partial charge on any atom is 0.283 e. The second-order valence-electron chi connectivity index (χ2n) is 5.18. The van der Waals surface area contributed by atoms with Gasteiger partial charge in [0, 0.05) is 25.3 Å². The minimum atomic E-state index is -0.366. The lowest BCUT2D eigenvalue weighted by Crippen LogP contribution is -2.39. The van der Waals surface area contributed by atoms with Crippen LogP contribution in [0.4, 0.5) is 5.69 Å². The normalized spacial score (nSPS) is 20.0.